The Hall–Kier alpha value is -1.80. The molecule has 0 spiro atoms. The average molecular weight is 337 g/mol. The zero-order chi connectivity index (χ0) is 18.0. The van der Waals surface area contributed by atoms with Crippen LogP contribution >= 0.6 is 0 Å². The second kappa shape index (κ2) is 7.21. The summed E-state index contributed by atoms with van der Waals surface area (Å²) in [6.45, 7) is 14.7. The molecule has 0 radical (unpaired) electrons. The van der Waals surface area contributed by atoms with E-state index in [1.165, 1.54) is 16.8 Å². The molecule has 2 aromatic rings. The van der Waals surface area contributed by atoms with E-state index in [2.05, 4.69) is 99.0 Å². The largest absolute Gasteiger partial charge is 0.368 e. The molecule has 0 amide bonds. The van der Waals surface area contributed by atoms with Gasteiger partial charge in [-0.25, -0.2) is 0 Å². The quantitative estimate of drug-likeness (QED) is 0.771. The maximum atomic E-state index is 2.63. The molecule has 2 atom stereocenters. The number of nitrogens with zero attached hydrogens (tertiary/aromatic N) is 2. The first kappa shape index (κ1) is 18.0. The first-order valence-corrected chi connectivity index (χ1v) is 9.50. The van der Waals surface area contributed by atoms with Gasteiger partial charge in [0.15, 0.2) is 0 Å². The predicted octanol–water partition coefficient (Wildman–Crippen LogP) is 5.08. The van der Waals surface area contributed by atoms with Gasteiger partial charge in [0.05, 0.1) is 0 Å². The lowest BCUT2D eigenvalue weighted by Gasteiger charge is -2.45. The van der Waals surface area contributed by atoms with E-state index in [1.807, 2.05) is 0 Å². The fraction of sp³-hybridized carbons (Fsp3) is 0.478. The van der Waals surface area contributed by atoms with Gasteiger partial charge in [-0.15, -0.1) is 0 Å². The van der Waals surface area contributed by atoms with Crippen LogP contribution < -0.4 is 4.90 Å². The van der Waals surface area contributed by atoms with E-state index in [0.717, 1.165) is 19.6 Å². The van der Waals surface area contributed by atoms with Crippen molar-refractivity contribution in [3.8, 4) is 0 Å². The second-order valence-electron chi connectivity index (χ2n) is 8.56. The Morgan fingerprint density at radius 2 is 1.40 bits per heavy atom. The van der Waals surface area contributed by atoms with Gasteiger partial charge >= 0.3 is 0 Å². The minimum Gasteiger partial charge on any atom is -0.368 e. The number of piperazine rings is 1. The van der Waals surface area contributed by atoms with E-state index in [9.17, 15) is 0 Å². The fourth-order valence-electron chi connectivity index (χ4n) is 3.85. The number of benzene rings is 2. The summed E-state index contributed by atoms with van der Waals surface area (Å²) >= 11 is 0. The molecule has 2 unspecified atom stereocenters. The summed E-state index contributed by atoms with van der Waals surface area (Å²) in [6.07, 6.45) is 0. The third-order valence-corrected chi connectivity index (χ3v) is 5.41. The van der Waals surface area contributed by atoms with E-state index >= 15 is 0 Å². The van der Waals surface area contributed by atoms with Crippen molar-refractivity contribution in [1.29, 1.82) is 0 Å². The molecular weight excluding hydrogens is 304 g/mol. The highest BCUT2D eigenvalue weighted by Crippen LogP contribution is 2.27. The van der Waals surface area contributed by atoms with Gasteiger partial charge in [0.1, 0.15) is 0 Å². The lowest BCUT2D eigenvalue weighted by atomic mass is 9.87. The Morgan fingerprint density at radius 3 is 1.92 bits per heavy atom. The van der Waals surface area contributed by atoms with Crippen LogP contribution in [-0.4, -0.2) is 30.1 Å². The smallest absolute Gasteiger partial charge is 0.0367 e. The van der Waals surface area contributed by atoms with Crippen LogP contribution in [0.5, 0.6) is 0 Å². The third-order valence-electron chi connectivity index (χ3n) is 5.41. The predicted molar refractivity (Wildman–Crippen MR) is 108 cm³/mol. The minimum atomic E-state index is 0.216. The van der Waals surface area contributed by atoms with Crippen LogP contribution in [0.2, 0.25) is 0 Å². The minimum absolute atomic E-state index is 0.216. The van der Waals surface area contributed by atoms with Gasteiger partial charge < -0.3 is 4.90 Å². The Morgan fingerprint density at radius 1 is 0.840 bits per heavy atom. The normalized spacial score (nSPS) is 22.2. The number of hydrogen-bond donors (Lipinski definition) is 0. The molecule has 0 bridgehead atoms. The van der Waals surface area contributed by atoms with E-state index in [-0.39, 0.29) is 5.41 Å². The number of anilines is 1. The standard InChI is InChI=1S/C23H32N2/c1-18-15-24(22-13-11-21(12-14-22)23(3,4)5)16-19(2)25(18)17-20-9-7-6-8-10-20/h6-14,18-19H,15-17H2,1-5H3. The van der Waals surface area contributed by atoms with Crippen LogP contribution in [0, 0.1) is 0 Å². The van der Waals surface area contributed by atoms with Crippen molar-refractivity contribution in [3.63, 3.8) is 0 Å². The van der Waals surface area contributed by atoms with Crippen LogP contribution in [0.25, 0.3) is 0 Å². The van der Waals surface area contributed by atoms with Crippen molar-refractivity contribution in [2.75, 3.05) is 18.0 Å². The molecule has 1 aliphatic rings. The van der Waals surface area contributed by atoms with Gasteiger partial charge in [-0.05, 0) is 42.5 Å². The third kappa shape index (κ3) is 4.24. The second-order valence-corrected chi connectivity index (χ2v) is 8.56. The molecule has 25 heavy (non-hydrogen) atoms. The molecule has 0 aliphatic carbocycles. The van der Waals surface area contributed by atoms with Gasteiger partial charge in [0.2, 0.25) is 0 Å². The molecule has 1 aliphatic heterocycles. The van der Waals surface area contributed by atoms with Crippen LogP contribution in [0.1, 0.15) is 45.7 Å². The zero-order valence-corrected chi connectivity index (χ0v) is 16.4. The highest BCUT2D eigenvalue weighted by atomic mass is 15.3. The van der Waals surface area contributed by atoms with Gasteiger partial charge in [-0.1, -0.05) is 63.2 Å². The Kier molecular flexibility index (Phi) is 5.19. The molecule has 0 saturated carbocycles. The van der Waals surface area contributed by atoms with Gasteiger partial charge in [0.25, 0.3) is 0 Å². The highest BCUT2D eigenvalue weighted by Gasteiger charge is 2.29. The summed E-state index contributed by atoms with van der Waals surface area (Å²) in [5.74, 6) is 0. The van der Waals surface area contributed by atoms with Crippen LogP contribution in [0.3, 0.4) is 0 Å². The zero-order valence-electron chi connectivity index (χ0n) is 16.4. The first-order valence-electron chi connectivity index (χ1n) is 9.50. The van der Waals surface area contributed by atoms with E-state index < -0.39 is 0 Å². The first-order chi connectivity index (χ1) is 11.8. The van der Waals surface area contributed by atoms with E-state index in [1.54, 1.807) is 0 Å². The van der Waals surface area contributed by atoms with Crippen molar-refractivity contribution in [2.45, 2.75) is 58.7 Å². The Balaban J connectivity index is 1.69. The van der Waals surface area contributed by atoms with Gasteiger partial charge in [-0.2, -0.15) is 0 Å². The summed E-state index contributed by atoms with van der Waals surface area (Å²) in [6, 6.07) is 21.1. The van der Waals surface area contributed by atoms with Gasteiger partial charge in [0, 0.05) is 37.4 Å². The summed E-state index contributed by atoms with van der Waals surface area (Å²) in [5.41, 5.74) is 4.38. The molecule has 134 valence electrons. The van der Waals surface area contributed by atoms with E-state index in [4.69, 9.17) is 0 Å². The Labute approximate surface area is 153 Å². The maximum Gasteiger partial charge on any atom is 0.0367 e. The Bertz CT molecular complexity index is 657. The molecular formula is C23H32N2. The van der Waals surface area contributed by atoms with Crippen molar-refractivity contribution in [2.24, 2.45) is 0 Å². The average Bonchev–Trinajstić information content (AvgIpc) is 2.58. The molecule has 1 heterocycles. The molecule has 1 saturated heterocycles. The lowest BCUT2D eigenvalue weighted by Crippen LogP contribution is -2.56. The summed E-state index contributed by atoms with van der Waals surface area (Å²) in [4.78, 5) is 5.18. The SMILES string of the molecule is CC1CN(c2ccc(C(C)(C)C)cc2)CC(C)N1Cc1ccccc1. The molecule has 1 fully saturated rings. The fourth-order valence-corrected chi connectivity index (χ4v) is 3.85. The molecule has 2 heteroatoms. The molecule has 3 rings (SSSR count). The number of rotatable bonds is 3. The highest BCUT2D eigenvalue weighted by molar-refractivity contribution is 5.49. The van der Waals surface area contributed by atoms with E-state index in [0.29, 0.717) is 12.1 Å². The lowest BCUT2D eigenvalue weighted by molar-refractivity contribution is 0.123. The maximum absolute atomic E-state index is 2.63. The summed E-state index contributed by atoms with van der Waals surface area (Å²) in [5, 5.41) is 0. The van der Waals surface area contributed by atoms with Crippen molar-refractivity contribution >= 4 is 5.69 Å². The van der Waals surface area contributed by atoms with Crippen LogP contribution in [-0.2, 0) is 12.0 Å². The topological polar surface area (TPSA) is 6.48 Å². The van der Waals surface area contributed by atoms with Crippen LogP contribution in [0.4, 0.5) is 5.69 Å². The molecule has 2 aromatic carbocycles. The summed E-state index contributed by atoms with van der Waals surface area (Å²) in [7, 11) is 0. The van der Waals surface area contributed by atoms with Crippen molar-refractivity contribution in [1.82, 2.24) is 4.90 Å². The van der Waals surface area contributed by atoms with Crippen molar-refractivity contribution < 1.29 is 0 Å². The number of hydrogen-bond acceptors (Lipinski definition) is 2. The van der Waals surface area contributed by atoms with Crippen LogP contribution in [0.15, 0.2) is 54.6 Å². The molecule has 2 nitrogen and oxygen atoms in total. The molecule has 0 N–H and O–H groups in total. The van der Waals surface area contributed by atoms with Gasteiger partial charge in [-0.3, -0.25) is 4.90 Å². The molecule has 0 aromatic heterocycles. The summed E-state index contributed by atoms with van der Waals surface area (Å²) < 4.78 is 0. The monoisotopic (exact) mass is 336 g/mol. The van der Waals surface area contributed by atoms with Crippen molar-refractivity contribution in [3.05, 3.63) is 65.7 Å².